The highest BCUT2D eigenvalue weighted by atomic mass is 32.2. The van der Waals surface area contributed by atoms with E-state index in [-0.39, 0.29) is 17.6 Å². The molecule has 2 aromatic heterocycles. The summed E-state index contributed by atoms with van der Waals surface area (Å²) in [6.45, 7) is 4.29. The molecular weight excluding hydrogens is 410 g/mol. The molecule has 0 unspecified atom stereocenters. The molecule has 0 aliphatic heterocycles. The van der Waals surface area contributed by atoms with E-state index in [9.17, 15) is 4.79 Å². The fourth-order valence-corrected chi connectivity index (χ4v) is 3.63. The molecule has 3 aromatic rings. The average molecular weight is 432 g/mol. The van der Waals surface area contributed by atoms with Crippen molar-refractivity contribution in [2.75, 3.05) is 28.9 Å². The second kappa shape index (κ2) is 9.94. The van der Waals surface area contributed by atoms with Crippen molar-refractivity contribution in [2.24, 2.45) is 5.10 Å². The zero-order valence-corrected chi connectivity index (χ0v) is 17.6. The topological polar surface area (TPSA) is 119 Å². The van der Waals surface area contributed by atoms with Crippen LogP contribution < -0.4 is 21.3 Å². The van der Waals surface area contributed by atoms with Gasteiger partial charge in [-0.2, -0.15) is 5.10 Å². The number of rotatable bonds is 9. The van der Waals surface area contributed by atoms with Crippen molar-refractivity contribution in [2.45, 2.75) is 19.0 Å². The van der Waals surface area contributed by atoms with Gasteiger partial charge in [-0.3, -0.25) is 4.79 Å². The predicted molar refractivity (Wildman–Crippen MR) is 117 cm³/mol. The van der Waals surface area contributed by atoms with Gasteiger partial charge in [0, 0.05) is 4.88 Å². The number of thiophene rings is 1. The molecule has 0 atom stereocenters. The van der Waals surface area contributed by atoms with Crippen LogP contribution in [0.25, 0.3) is 0 Å². The minimum absolute atomic E-state index is 0.118. The number of aromatic nitrogens is 3. The number of benzene rings is 1. The monoisotopic (exact) mass is 431 g/mol. The van der Waals surface area contributed by atoms with Gasteiger partial charge in [0.15, 0.2) is 0 Å². The van der Waals surface area contributed by atoms with Crippen molar-refractivity contribution < 1.29 is 9.53 Å². The number of nitrogens with one attached hydrogen (secondary N) is 2. The number of thioether (sulfide) groups is 1. The lowest BCUT2D eigenvalue weighted by molar-refractivity contribution is -0.113. The van der Waals surface area contributed by atoms with Crippen LogP contribution in [0.1, 0.15) is 18.7 Å². The van der Waals surface area contributed by atoms with Crippen molar-refractivity contribution in [1.29, 1.82) is 0 Å². The molecule has 11 heteroatoms. The van der Waals surface area contributed by atoms with E-state index in [0.717, 1.165) is 10.6 Å². The van der Waals surface area contributed by atoms with E-state index < -0.39 is 0 Å². The third-order valence-corrected chi connectivity index (χ3v) is 5.58. The highest BCUT2D eigenvalue weighted by molar-refractivity contribution is 7.99. The molecule has 0 aliphatic carbocycles. The fraction of sp³-hybridized carbons (Fsp3) is 0.222. The van der Waals surface area contributed by atoms with Crippen molar-refractivity contribution in [1.82, 2.24) is 14.9 Å². The first kappa shape index (κ1) is 20.7. The number of amides is 1. The Morgan fingerprint density at radius 3 is 2.90 bits per heavy atom. The van der Waals surface area contributed by atoms with Crippen molar-refractivity contribution in [3.05, 3.63) is 46.7 Å². The van der Waals surface area contributed by atoms with E-state index in [4.69, 9.17) is 10.6 Å². The van der Waals surface area contributed by atoms with Crippen molar-refractivity contribution in [3.8, 4) is 5.75 Å². The fourth-order valence-electron chi connectivity index (χ4n) is 2.29. The number of nitrogens with zero attached hydrogens (tertiary/aromatic N) is 4. The number of nitrogen functional groups attached to an aromatic ring is 1. The molecule has 0 saturated heterocycles. The number of carbonyl (C=O) groups excluding carboxylic acids is 1. The van der Waals surface area contributed by atoms with E-state index in [1.165, 1.54) is 16.4 Å². The van der Waals surface area contributed by atoms with Crippen LogP contribution in [0.2, 0.25) is 0 Å². The Hall–Kier alpha value is -3.05. The van der Waals surface area contributed by atoms with Gasteiger partial charge < -0.3 is 15.9 Å². The Morgan fingerprint density at radius 2 is 2.14 bits per heavy atom. The number of hydrogen-bond donors (Lipinski definition) is 3. The molecule has 0 aliphatic rings. The van der Waals surface area contributed by atoms with Gasteiger partial charge in [0.1, 0.15) is 5.75 Å². The highest BCUT2D eigenvalue weighted by Gasteiger charge is 2.13. The second-order valence-electron chi connectivity index (χ2n) is 5.73. The molecular formula is C18H21N7O2S2. The van der Waals surface area contributed by atoms with Gasteiger partial charge in [0.25, 0.3) is 5.95 Å². The molecule has 9 nitrogen and oxygen atoms in total. The van der Waals surface area contributed by atoms with E-state index in [0.29, 0.717) is 23.2 Å². The molecule has 0 saturated carbocycles. The first-order valence-electron chi connectivity index (χ1n) is 8.77. The maximum atomic E-state index is 12.3. The van der Waals surface area contributed by atoms with E-state index in [1.807, 2.05) is 43.5 Å². The molecule has 0 spiro atoms. The van der Waals surface area contributed by atoms with E-state index in [1.54, 1.807) is 23.5 Å². The van der Waals surface area contributed by atoms with Crippen LogP contribution in [0.5, 0.6) is 5.75 Å². The largest absolute Gasteiger partial charge is 0.492 e. The van der Waals surface area contributed by atoms with Gasteiger partial charge in [-0.15, -0.1) is 21.5 Å². The summed E-state index contributed by atoms with van der Waals surface area (Å²) in [5, 5.41) is 17.4. The number of para-hydroxylation sites is 2. The lowest BCUT2D eigenvalue weighted by Crippen LogP contribution is -2.17. The first-order valence-corrected chi connectivity index (χ1v) is 10.6. The quantitative estimate of drug-likeness (QED) is 0.206. The summed E-state index contributed by atoms with van der Waals surface area (Å²) in [6.07, 6.45) is 0. The first-order chi connectivity index (χ1) is 14.1. The molecule has 152 valence electrons. The Bertz CT molecular complexity index is 986. The average Bonchev–Trinajstić information content (AvgIpc) is 3.37. The summed E-state index contributed by atoms with van der Waals surface area (Å²) in [7, 11) is 0. The Labute approximate surface area is 176 Å². The van der Waals surface area contributed by atoms with Crippen molar-refractivity contribution >= 4 is 46.4 Å². The summed E-state index contributed by atoms with van der Waals surface area (Å²) in [6, 6.07) is 11.2. The zero-order valence-electron chi connectivity index (χ0n) is 16.0. The van der Waals surface area contributed by atoms with Gasteiger partial charge in [0.2, 0.25) is 11.1 Å². The summed E-state index contributed by atoms with van der Waals surface area (Å²) in [5.74, 6) is 6.83. The molecule has 1 amide bonds. The molecule has 4 N–H and O–H groups in total. The Kier molecular flexibility index (Phi) is 7.09. The van der Waals surface area contributed by atoms with E-state index >= 15 is 0 Å². The minimum Gasteiger partial charge on any atom is -0.492 e. The van der Waals surface area contributed by atoms with Crippen LogP contribution >= 0.6 is 23.1 Å². The number of hydrogen-bond acceptors (Lipinski definition) is 9. The number of nitrogens with two attached hydrogens (primary N) is 1. The van der Waals surface area contributed by atoms with Crippen LogP contribution in [0, 0.1) is 0 Å². The summed E-state index contributed by atoms with van der Waals surface area (Å²) in [5.41, 5.74) is 4.23. The van der Waals surface area contributed by atoms with Crippen LogP contribution in [-0.4, -0.2) is 38.9 Å². The second-order valence-corrected chi connectivity index (χ2v) is 7.62. The third-order valence-electron chi connectivity index (χ3n) is 3.66. The maximum absolute atomic E-state index is 12.3. The molecule has 0 radical (unpaired) electrons. The summed E-state index contributed by atoms with van der Waals surface area (Å²) in [4.78, 5) is 13.3. The van der Waals surface area contributed by atoms with Crippen LogP contribution in [-0.2, 0) is 4.79 Å². The summed E-state index contributed by atoms with van der Waals surface area (Å²) < 4.78 is 6.77. The zero-order chi connectivity index (χ0) is 20.6. The Balaban J connectivity index is 1.56. The SMILES string of the molecule is CCOc1ccccc1NC(=O)CSc1nnc(N/N=C(\C)c2cccs2)n1N. The normalized spacial score (nSPS) is 11.3. The highest BCUT2D eigenvalue weighted by Crippen LogP contribution is 2.24. The molecule has 0 bridgehead atoms. The van der Waals surface area contributed by atoms with Crippen LogP contribution in [0.3, 0.4) is 0 Å². The van der Waals surface area contributed by atoms with Crippen LogP contribution in [0.4, 0.5) is 11.6 Å². The minimum atomic E-state index is -0.203. The molecule has 2 heterocycles. The maximum Gasteiger partial charge on any atom is 0.264 e. The number of carbonyl (C=O) groups is 1. The standard InChI is InChI=1S/C18H21N7O2S2/c1-3-27-14-8-5-4-7-13(14)20-16(26)11-29-18-24-23-17(25(18)19)22-21-12(2)15-9-6-10-28-15/h4-10H,3,11,19H2,1-2H3,(H,20,26)(H,22,23)/b21-12+. The Morgan fingerprint density at radius 1 is 1.31 bits per heavy atom. The van der Waals surface area contributed by atoms with Gasteiger partial charge in [-0.1, -0.05) is 30.0 Å². The molecule has 0 fully saturated rings. The van der Waals surface area contributed by atoms with Gasteiger partial charge in [-0.25, -0.2) is 10.1 Å². The van der Waals surface area contributed by atoms with Gasteiger partial charge in [0.05, 0.1) is 23.8 Å². The molecule has 1 aromatic carbocycles. The lowest BCUT2D eigenvalue weighted by Gasteiger charge is -2.10. The van der Waals surface area contributed by atoms with E-state index in [2.05, 4.69) is 26.0 Å². The lowest BCUT2D eigenvalue weighted by atomic mass is 10.3. The predicted octanol–water partition coefficient (Wildman–Crippen LogP) is 3.02. The smallest absolute Gasteiger partial charge is 0.264 e. The number of anilines is 2. The van der Waals surface area contributed by atoms with Gasteiger partial charge in [-0.05, 0) is 37.4 Å². The van der Waals surface area contributed by atoms with Crippen LogP contribution in [0.15, 0.2) is 52.0 Å². The van der Waals surface area contributed by atoms with Gasteiger partial charge >= 0.3 is 0 Å². The third kappa shape index (κ3) is 5.48. The molecule has 3 rings (SSSR count). The van der Waals surface area contributed by atoms with Crippen molar-refractivity contribution in [3.63, 3.8) is 0 Å². The summed E-state index contributed by atoms with van der Waals surface area (Å²) >= 11 is 2.76. The number of hydrazone groups is 1. The molecule has 29 heavy (non-hydrogen) atoms. The number of ether oxygens (including phenoxy) is 1.